The number of nitrogens with two attached hydrogens (primary N) is 1. The quantitative estimate of drug-likeness (QED) is 0.783. The Labute approximate surface area is 83.3 Å². The summed E-state index contributed by atoms with van der Waals surface area (Å²) in [6.07, 6.45) is 0.571. The van der Waals surface area contributed by atoms with Crippen LogP contribution >= 0.6 is 11.6 Å². The van der Waals surface area contributed by atoms with Crippen LogP contribution in [0.1, 0.15) is 23.6 Å². The van der Waals surface area contributed by atoms with Crippen LogP contribution in [0.15, 0.2) is 18.2 Å². The first-order valence-corrected chi connectivity index (χ1v) is 4.65. The van der Waals surface area contributed by atoms with Gasteiger partial charge in [-0.1, -0.05) is 17.7 Å². The molecule has 0 aliphatic carbocycles. The van der Waals surface area contributed by atoms with Gasteiger partial charge in [-0.3, -0.25) is 0 Å². The Bertz CT molecular complexity index is 288. The van der Waals surface area contributed by atoms with Gasteiger partial charge in [0.25, 0.3) is 0 Å². The van der Waals surface area contributed by atoms with Crippen LogP contribution in [-0.2, 0) is 0 Å². The number of benzene rings is 1. The number of aryl methyl sites for hydroxylation is 1. The van der Waals surface area contributed by atoms with Crippen molar-refractivity contribution in [2.75, 3.05) is 6.61 Å². The summed E-state index contributed by atoms with van der Waals surface area (Å²) in [4.78, 5) is 0. The Morgan fingerprint density at radius 3 is 2.85 bits per heavy atom. The predicted octanol–water partition coefficient (Wildman–Crippen LogP) is 2.03. The fourth-order valence-corrected chi connectivity index (χ4v) is 1.49. The average Bonchev–Trinajstić information content (AvgIpc) is 2.09. The summed E-state index contributed by atoms with van der Waals surface area (Å²) in [5.74, 6) is 0. The normalized spacial score (nSPS) is 12.9. The topological polar surface area (TPSA) is 46.2 Å². The van der Waals surface area contributed by atoms with Crippen LogP contribution in [0.5, 0.6) is 0 Å². The third kappa shape index (κ3) is 2.69. The van der Waals surface area contributed by atoms with Crippen LogP contribution < -0.4 is 5.73 Å². The highest BCUT2D eigenvalue weighted by Crippen LogP contribution is 2.22. The van der Waals surface area contributed by atoms with E-state index in [1.165, 1.54) is 0 Å². The second kappa shape index (κ2) is 4.61. The van der Waals surface area contributed by atoms with Crippen LogP contribution in [0, 0.1) is 6.92 Å². The van der Waals surface area contributed by atoms with Crippen molar-refractivity contribution in [3.63, 3.8) is 0 Å². The van der Waals surface area contributed by atoms with Crippen molar-refractivity contribution in [3.05, 3.63) is 34.3 Å². The highest BCUT2D eigenvalue weighted by molar-refractivity contribution is 6.30. The van der Waals surface area contributed by atoms with Gasteiger partial charge in [-0.05, 0) is 36.6 Å². The molecular weight excluding hydrogens is 186 g/mol. The molecule has 0 unspecified atom stereocenters. The van der Waals surface area contributed by atoms with Gasteiger partial charge in [0.1, 0.15) is 0 Å². The summed E-state index contributed by atoms with van der Waals surface area (Å²) < 4.78 is 0. The van der Waals surface area contributed by atoms with Gasteiger partial charge >= 0.3 is 0 Å². The Morgan fingerprint density at radius 2 is 2.23 bits per heavy atom. The molecule has 0 spiro atoms. The maximum absolute atomic E-state index is 8.75. The van der Waals surface area contributed by atoms with E-state index in [-0.39, 0.29) is 12.6 Å². The highest BCUT2D eigenvalue weighted by Gasteiger charge is 2.08. The van der Waals surface area contributed by atoms with Gasteiger partial charge in [-0.15, -0.1) is 0 Å². The summed E-state index contributed by atoms with van der Waals surface area (Å²) in [6.45, 7) is 2.09. The third-order valence-electron chi connectivity index (χ3n) is 2.08. The number of aliphatic hydroxyl groups excluding tert-OH is 1. The maximum Gasteiger partial charge on any atom is 0.0449 e. The van der Waals surface area contributed by atoms with Gasteiger partial charge < -0.3 is 10.8 Å². The zero-order chi connectivity index (χ0) is 9.84. The second-order valence-electron chi connectivity index (χ2n) is 3.12. The minimum Gasteiger partial charge on any atom is -0.396 e. The van der Waals surface area contributed by atoms with Crippen molar-refractivity contribution in [2.45, 2.75) is 19.4 Å². The van der Waals surface area contributed by atoms with E-state index < -0.39 is 0 Å². The molecule has 0 amide bonds. The molecule has 1 aromatic carbocycles. The summed E-state index contributed by atoms with van der Waals surface area (Å²) in [5.41, 5.74) is 7.99. The van der Waals surface area contributed by atoms with Crippen molar-refractivity contribution >= 4 is 11.6 Å². The molecule has 0 fully saturated rings. The molecule has 0 radical (unpaired) electrons. The van der Waals surface area contributed by atoms with E-state index >= 15 is 0 Å². The van der Waals surface area contributed by atoms with Gasteiger partial charge in [0.05, 0.1) is 0 Å². The van der Waals surface area contributed by atoms with Gasteiger partial charge in [0, 0.05) is 17.7 Å². The lowest BCUT2D eigenvalue weighted by atomic mass is 10.00. The van der Waals surface area contributed by atoms with E-state index in [1.54, 1.807) is 0 Å². The Balaban J connectivity index is 2.91. The van der Waals surface area contributed by atoms with E-state index in [0.717, 1.165) is 11.1 Å². The second-order valence-corrected chi connectivity index (χ2v) is 3.56. The van der Waals surface area contributed by atoms with Crippen LogP contribution in [-0.4, -0.2) is 11.7 Å². The van der Waals surface area contributed by atoms with E-state index in [2.05, 4.69) is 0 Å². The largest absolute Gasteiger partial charge is 0.396 e. The van der Waals surface area contributed by atoms with Gasteiger partial charge in [-0.2, -0.15) is 0 Å². The monoisotopic (exact) mass is 199 g/mol. The number of hydrogen-bond donors (Lipinski definition) is 2. The summed E-state index contributed by atoms with van der Waals surface area (Å²) in [5, 5.41) is 9.43. The first-order chi connectivity index (χ1) is 6.15. The highest BCUT2D eigenvalue weighted by atomic mass is 35.5. The minimum absolute atomic E-state index is 0.104. The lowest BCUT2D eigenvalue weighted by Crippen LogP contribution is -2.13. The molecule has 1 rings (SSSR count). The Hall–Kier alpha value is -0.570. The fraction of sp³-hybridized carbons (Fsp3) is 0.400. The first kappa shape index (κ1) is 10.5. The molecule has 1 aromatic rings. The average molecular weight is 200 g/mol. The zero-order valence-electron chi connectivity index (χ0n) is 7.63. The molecule has 0 bridgehead atoms. The third-order valence-corrected chi connectivity index (χ3v) is 2.32. The molecule has 2 nitrogen and oxygen atoms in total. The SMILES string of the molecule is Cc1ccc(Cl)cc1[C@H](N)CCO. The van der Waals surface area contributed by atoms with E-state index in [4.69, 9.17) is 22.4 Å². The van der Waals surface area contributed by atoms with Crippen LogP contribution in [0.2, 0.25) is 5.02 Å². The fourth-order valence-electron chi connectivity index (χ4n) is 1.31. The molecule has 0 aliphatic rings. The number of rotatable bonds is 3. The molecule has 0 saturated heterocycles. The number of hydrogen-bond acceptors (Lipinski definition) is 2. The van der Waals surface area contributed by atoms with Crippen LogP contribution in [0.4, 0.5) is 0 Å². The first-order valence-electron chi connectivity index (χ1n) is 4.27. The van der Waals surface area contributed by atoms with E-state index in [0.29, 0.717) is 11.4 Å². The standard InChI is InChI=1S/C10H14ClNO/c1-7-2-3-8(11)6-9(7)10(12)4-5-13/h2-3,6,10,13H,4-5,12H2,1H3/t10-/m1/s1. The van der Waals surface area contributed by atoms with Crippen molar-refractivity contribution < 1.29 is 5.11 Å². The Morgan fingerprint density at radius 1 is 1.54 bits per heavy atom. The lowest BCUT2D eigenvalue weighted by molar-refractivity contribution is 0.276. The van der Waals surface area contributed by atoms with Crippen molar-refractivity contribution in [3.8, 4) is 0 Å². The molecular formula is C10H14ClNO. The number of aliphatic hydroxyl groups is 1. The van der Waals surface area contributed by atoms with Gasteiger partial charge in [0.2, 0.25) is 0 Å². The zero-order valence-corrected chi connectivity index (χ0v) is 8.38. The maximum atomic E-state index is 8.75. The minimum atomic E-state index is -0.122. The predicted molar refractivity (Wildman–Crippen MR) is 54.8 cm³/mol. The van der Waals surface area contributed by atoms with Gasteiger partial charge in [-0.25, -0.2) is 0 Å². The van der Waals surface area contributed by atoms with Crippen molar-refractivity contribution in [2.24, 2.45) is 5.73 Å². The molecule has 3 N–H and O–H groups in total. The smallest absolute Gasteiger partial charge is 0.0449 e. The number of halogens is 1. The summed E-state index contributed by atoms with van der Waals surface area (Å²) >= 11 is 5.84. The van der Waals surface area contributed by atoms with E-state index in [9.17, 15) is 0 Å². The molecule has 3 heteroatoms. The molecule has 1 atom stereocenters. The molecule has 0 aromatic heterocycles. The lowest BCUT2D eigenvalue weighted by Gasteiger charge is -2.13. The molecule has 0 heterocycles. The Kier molecular flexibility index (Phi) is 3.72. The molecule has 72 valence electrons. The molecule has 0 saturated carbocycles. The van der Waals surface area contributed by atoms with Crippen LogP contribution in [0.3, 0.4) is 0 Å². The van der Waals surface area contributed by atoms with Gasteiger partial charge in [0.15, 0.2) is 0 Å². The summed E-state index contributed by atoms with van der Waals surface area (Å²) in [7, 11) is 0. The molecule has 0 aliphatic heterocycles. The molecule has 13 heavy (non-hydrogen) atoms. The van der Waals surface area contributed by atoms with Crippen molar-refractivity contribution in [1.82, 2.24) is 0 Å². The summed E-state index contributed by atoms with van der Waals surface area (Å²) in [6, 6.07) is 5.52. The van der Waals surface area contributed by atoms with Crippen molar-refractivity contribution in [1.29, 1.82) is 0 Å². The van der Waals surface area contributed by atoms with E-state index in [1.807, 2.05) is 25.1 Å². The van der Waals surface area contributed by atoms with Crippen LogP contribution in [0.25, 0.3) is 0 Å².